The van der Waals surface area contributed by atoms with Gasteiger partial charge in [0.15, 0.2) is 0 Å². The molecular weight excluding hydrogens is 260 g/mol. The SMILES string of the molecule is CCC1(C)CCN(c2ccc(CNCCOC)cc2)CC1. The van der Waals surface area contributed by atoms with Crippen LogP contribution < -0.4 is 10.2 Å². The number of hydrogen-bond donors (Lipinski definition) is 1. The number of benzene rings is 1. The summed E-state index contributed by atoms with van der Waals surface area (Å²) in [6.45, 7) is 9.71. The molecule has 3 nitrogen and oxygen atoms in total. The van der Waals surface area contributed by atoms with Crippen LogP contribution in [0.2, 0.25) is 0 Å². The molecule has 1 fully saturated rings. The number of anilines is 1. The van der Waals surface area contributed by atoms with Crippen molar-refractivity contribution in [2.45, 2.75) is 39.7 Å². The van der Waals surface area contributed by atoms with Crippen LogP contribution in [0.4, 0.5) is 5.69 Å². The number of ether oxygens (including phenoxy) is 1. The topological polar surface area (TPSA) is 24.5 Å². The van der Waals surface area contributed by atoms with Crippen LogP contribution in [0.3, 0.4) is 0 Å². The van der Waals surface area contributed by atoms with Crippen molar-refractivity contribution in [1.29, 1.82) is 0 Å². The van der Waals surface area contributed by atoms with Gasteiger partial charge in [-0.05, 0) is 36.0 Å². The highest BCUT2D eigenvalue weighted by molar-refractivity contribution is 5.48. The van der Waals surface area contributed by atoms with E-state index in [1.165, 1.54) is 43.6 Å². The number of nitrogens with zero attached hydrogens (tertiary/aromatic N) is 1. The van der Waals surface area contributed by atoms with Crippen molar-refractivity contribution < 1.29 is 4.74 Å². The Kier molecular flexibility index (Phi) is 6.07. The summed E-state index contributed by atoms with van der Waals surface area (Å²) in [5.41, 5.74) is 3.26. The summed E-state index contributed by atoms with van der Waals surface area (Å²) in [6, 6.07) is 9.01. The van der Waals surface area contributed by atoms with Gasteiger partial charge >= 0.3 is 0 Å². The van der Waals surface area contributed by atoms with Crippen molar-refractivity contribution in [3.63, 3.8) is 0 Å². The second kappa shape index (κ2) is 7.81. The lowest BCUT2D eigenvalue weighted by atomic mass is 9.78. The van der Waals surface area contributed by atoms with Crippen molar-refractivity contribution in [1.82, 2.24) is 5.32 Å². The summed E-state index contributed by atoms with van der Waals surface area (Å²) in [7, 11) is 1.73. The highest BCUT2D eigenvalue weighted by Crippen LogP contribution is 2.35. The number of nitrogens with one attached hydrogen (secondary N) is 1. The number of rotatable bonds is 7. The second-order valence-electron chi connectivity index (χ2n) is 6.49. The maximum Gasteiger partial charge on any atom is 0.0587 e. The molecule has 1 N–H and O–H groups in total. The first kappa shape index (κ1) is 16.3. The molecule has 0 atom stereocenters. The van der Waals surface area contributed by atoms with E-state index in [2.05, 4.69) is 48.3 Å². The highest BCUT2D eigenvalue weighted by atomic mass is 16.5. The Labute approximate surface area is 129 Å². The molecule has 0 saturated carbocycles. The van der Waals surface area contributed by atoms with Crippen LogP contribution in [0.15, 0.2) is 24.3 Å². The number of methoxy groups -OCH3 is 1. The minimum Gasteiger partial charge on any atom is -0.383 e. The third-order valence-corrected chi connectivity index (χ3v) is 4.94. The molecule has 1 aromatic rings. The van der Waals surface area contributed by atoms with Crippen LogP contribution in [-0.4, -0.2) is 33.4 Å². The highest BCUT2D eigenvalue weighted by Gasteiger charge is 2.28. The van der Waals surface area contributed by atoms with Crippen LogP contribution in [-0.2, 0) is 11.3 Å². The van der Waals surface area contributed by atoms with Gasteiger partial charge in [0.25, 0.3) is 0 Å². The lowest BCUT2D eigenvalue weighted by Gasteiger charge is -2.40. The average molecular weight is 290 g/mol. The lowest BCUT2D eigenvalue weighted by Crippen LogP contribution is -2.38. The van der Waals surface area contributed by atoms with E-state index in [1.807, 2.05) is 0 Å². The van der Waals surface area contributed by atoms with Gasteiger partial charge in [0.1, 0.15) is 0 Å². The van der Waals surface area contributed by atoms with Crippen LogP contribution in [0.25, 0.3) is 0 Å². The van der Waals surface area contributed by atoms with Gasteiger partial charge in [-0.25, -0.2) is 0 Å². The maximum atomic E-state index is 5.04. The van der Waals surface area contributed by atoms with Gasteiger partial charge in [0.05, 0.1) is 6.61 Å². The third kappa shape index (κ3) is 4.72. The summed E-state index contributed by atoms with van der Waals surface area (Å²) in [6.07, 6.45) is 3.92. The maximum absolute atomic E-state index is 5.04. The largest absolute Gasteiger partial charge is 0.383 e. The molecule has 0 bridgehead atoms. The number of piperidine rings is 1. The zero-order valence-electron chi connectivity index (χ0n) is 13.8. The fraction of sp³-hybridized carbons (Fsp3) is 0.667. The van der Waals surface area contributed by atoms with Gasteiger partial charge in [-0.2, -0.15) is 0 Å². The molecular formula is C18H30N2O. The Balaban J connectivity index is 1.82. The first-order valence-corrected chi connectivity index (χ1v) is 8.20. The predicted octanol–water partition coefficient (Wildman–Crippen LogP) is 3.44. The zero-order chi connectivity index (χ0) is 15.1. The molecule has 0 aromatic heterocycles. The van der Waals surface area contributed by atoms with Crippen molar-refractivity contribution >= 4 is 5.69 Å². The fourth-order valence-electron chi connectivity index (χ4n) is 2.89. The van der Waals surface area contributed by atoms with Gasteiger partial charge in [-0.1, -0.05) is 32.4 Å². The van der Waals surface area contributed by atoms with Crippen LogP contribution in [0, 0.1) is 5.41 Å². The van der Waals surface area contributed by atoms with Gasteiger partial charge < -0.3 is 15.0 Å². The number of hydrogen-bond acceptors (Lipinski definition) is 3. The fourth-order valence-corrected chi connectivity index (χ4v) is 2.89. The smallest absolute Gasteiger partial charge is 0.0587 e. The van der Waals surface area contributed by atoms with Gasteiger partial charge in [-0.3, -0.25) is 0 Å². The Morgan fingerprint density at radius 1 is 1.19 bits per heavy atom. The molecule has 0 spiro atoms. The van der Waals surface area contributed by atoms with E-state index in [9.17, 15) is 0 Å². The molecule has 1 heterocycles. The molecule has 1 aliphatic heterocycles. The summed E-state index contributed by atoms with van der Waals surface area (Å²) < 4.78 is 5.04. The monoisotopic (exact) mass is 290 g/mol. The minimum absolute atomic E-state index is 0.557. The predicted molar refractivity (Wildman–Crippen MR) is 89.9 cm³/mol. The Hall–Kier alpha value is -1.06. The summed E-state index contributed by atoms with van der Waals surface area (Å²) in [5.74, 6) is 0. The van der Waals surface area contributed by atoms with Gasteiger partial charge in [-0.15, -0.1) is 0 Å². The first-order valence-electron chi connectivity index (χ1n) is 8.20. The van der Waals surface area contributed by atoms with E-state index in [0.29, 0.717) is 5.41 Å². The molecule has 3 heteroatoms. The van der Waals surface area contributed by atoms with E-state index in [0.717, 1.165) is 19.7 Å². The average Bonchev–Trinajstić information content (AvgIpc) is 2.53. The van der Waals surface area contributed by atoms with Crippen LogP contribution in [0.5, 0.6) is 0 Å². The molecule has 0 unspecified atom stereocenters. The molecule has 0 aliphatic carbocycles. The van der Waals surface area contributed by atoms with Crippen LogP contribution in [0.1, 0.15) is 38.7 Å². The standard InChI is InChI=1S/C18H30N2O/c1-4-18(2)9-12-20(13-10-18)17-7-5-16(6-8-17)15-19-11-14-21-3/h5-8,19H,4,9-15H2,1-3H3. The van der Waals surface area contributed by atoms with Gasteiger partial charge in [0.2, 0.25) is 0 Å². The van der Waals surface area contributed by atoms with Gasteiger partial charge in [0, 0.05) is 39.0 Å². The van der Waals surface area contributed by atoms with E-state index in [4.69, 9.17) is 4.74 Å². The van der Waals surface area contributed by atoms with E-state index in [-0.39, 0.29) is 0 Å². The molecule has 1 aliphatic rings. The quantitative estimate of drug-likeness (QED) is 0.779. The van der Waals surface area contributed by atoms with Crippen LogP contribution >= 0.6 is 0 Å². The Morgan fingerprint density at radius 3 is 2.43 bits per heavy atom. The summed E-state index contributed by atoms with van der Waals surface area (Å²) in [4.78, 5) is 2.53. The molecule has 1 saturated heterocycles. The van der Waals surface area contributed by atoms with Crippen molar-refractivity contribution in [3.8, 4) is 0 Å². The molecule has 0 amide bonds. The minimum atomic E-state index is 0.557. The van der Waals surface area contributed by atoms with E-state index < -0.39 is 0 Å². The normalized spacial score (nSPS) is 18.0. The Morgan fingerprint density at radius 2 is 1.86 bits per heavy atom. The molecule has 0 radical (unpaired) electrons. The Bertz CT molecular complexity index is 408. The van der Waals surface area contributed by atoms with E-state index in [1.54, 1.807) is 7.11 Å². The summed E-state index contributed by atoms with van der Waals surface area (Å²) in [5, 5.41) is 3.38. The second-order valence-corrected chi connectivity index (χ2v) is 6.49. The molecule has 118 valence electrons. The van der Waals surface area contributed by atoms with Crippen molar-refractivity contribution in [2.75, 3.05) is 38.3 Å². The molecule has 2 rings (SSSR count). The first-order chi connectivity index (χ1) is 10.2. The third-order valence-electron chi connectivity index (χ3n) is 4.94. The zero-order valence-corrected chi connectivity index (χ0v) is 13.8. The molecule has 1 aromatic carbocycles. The molecule has 21 heavy (non-hydrogen) atoms. The lowest BCUT2D eigenvalue weighted by molar-refractivity contribution is 0.199. The van der Waals surface area contributed by atoms with E-state index >= 15 is 0 Å². The summed E-state index contributed by atoms with van der Waals surface area (Å²) >= 11 is 0. The van der Waals surface area contributed by atoms with Crippen molar-refractivity contribution in [3.05, 3.63) is 29.8 Å². The van der Waals surface area contributed by atoms with Crippen molar-refractivity contribution in [2.24, 2.45) is 5.41 Å².